The van der Waals surface area contributed by atoms with Crippen LogP contribution in [-0.4, -0.2) is 18.8 Å². The Hall–Kier alpha value is -2.00. The summed E-state index contributed by atoms with van der Waals surface area (Å²) < 4.78 is 5.21. The molecule has 0 amide bonds. The molecule has 0 aliphatic rings. The summed E-state index contributed by atoms with van der Waals surface area (Å²) in [6, 6.07) is 15.7. The van der Waals surface area contributed by atoms with Gasteiger partial charge in [0.05, 0.1) is 19.8 Å². The number of hydrogen-bond donors (Lipinski definition) is 2. The zero-order valence-electron chi connectivity index (χ0n) is 11.3. The van der Waals surface area contributed by atoms with Crippen LogP contribution in [-0.2, 0) is 0 Å². The number of methoxy groups -OCH3 is 1. The average Bonchev–Trinajstić information content (AvgIpc) is 2.46. The molecule has 0 aromatic heterocycles. The maximum atomic E-state index is 9.56. The summed E-state index contributed by atoms with van der Waals surface area (Å²) in [5.41, 5.74) is 3.21. The fraction of sp³-hybridized carbons (Fsp3) is 0.250. The third-order valence-corrected chi connectivity index (χ3v) is 3.07. The van der Waals surface area contributed by atoms with Crippen molar-refractivity contribution in [2.45, 2.75) is 13.0 Å². The van der Waals surface area contributed by atoms with E-state index in [1.165, 1.54) is 5.56 Å². The lowest BCUT2D eigenvalue weighted by atomic mass is 10.1. The van der Waals surface area contributed by atoms with Crippen LogP contribution in [0.3, 0.4) is 0 Å². The highest BCUT2D eigenvalue weighted by Crippen LogP contribution is 2.23. The summed E-state index contributed by atoms with van der Waals surface area (Å²) in [6.45, 7) is 2.08. The Bertz CT molecular complexity index is 523. The minimum absolute atomic E-state index is 0.0288. The predicted octanol–water partition coefficient (Wildman–Crippen LogP) is 3.15. The minimum Gasteiger partial charge on any atom is -0.497 e. The number of aliphatic hydroxyl groups excluding tert-OH is 1. The van der Waals surface area contributed by atoms with Crippen molar-refractivity contribution in [2.24, 2.45) is 0 Å². The Morgan fingerprint density at radius 1 is 1.16 bits per heavy atom. The van der Waals surface area contributed by atoms with Crippen LogP contribution in [0.5, 0.6) is 5.75 Å². The van der Waals surface area contributed by atoms with Gasteiger partial charge < -0.3 is 15.2 Å². The van der Waals surface area contributed by atoms with Gasteiger partial charge in [-0.3, -0.25) is 0 Å². The summed E-state index contributed by atoms with van der Waals surface area (Å²) in [5, 5.41) is 12.9. The maximum Gasteiger partial charge on any atom is 0.119 e. The van der Waals surface area contributed by atoms with Gasteiger partial charge in [0, 0.05) is 5.69 Å². The highest BCUT2D eigenvalue weighted by atomic mass is 16.5. The normalized spacial score (nSPS) is 11.9. The molecule has 0 aliphatic heterocycles. The van der Waals surface area contributed by atoms with Crippen LogP contribution in [0.2, 0.25) is 0 Å². The molecule has 2 rings (SSSR count). The molecular weight excluding hydrogens is 238 g/mol. The second-order valence-corrected chi connectivity index (χ2v) is 4.52. The first-order valence-corrected chi connectivity index (χ1v) is 6.31. The van der Waals surface area contributed by atoms with Gasteiger partial charge in [0.15, 0.2) is 0 Å². The lowest BCUT2D eigenvalue weighted by Gasteiger charge is -2.18. The number of aliphatic hydroxyl groups is 1. The number of aryl methyl sites for hydroxylation is 1. The van der Waals surface area contributed by atoms with Crippen LogP contribution in [0.4, 0.5) is 5.69 Å². The molecule has 0 aliphatic carbocycles. The van der Waals surface area contributed by atoms with Crippen molar-refractivity contribution in [1.29, 1.82) is 0 Å². The fourth-order valence-electron chi connectivity index (χ4n) is 1.94. The summed E-state index contributed by atoms with van der Waals surface area (Å²) in [6.07, 6.45) is 0. The number of hydrogen-bond acceptors (Lipinski definition) is 3. The number of rotatable bonds is 5. The Kier molecular flexibility index (Phi) is 4.42. The zero-order chi connectivity index (χ0) is 13.7. The Morgan fingerprint density at radius 2 is 1.89 bits per heavy atom. The molecule has 1 unspecified atom stereocenters. The Balaban J connectivity index is 2.17. The van der Waals surface area contributed by atoms with Gasteiger partial charge in [-0.05, 0) is 36.8 Å². The first-order chi connectivity index (χ1) is 9.22. The largest absolute Gasteiger partial charge is 0.497 e. The average molecular weight is 257 g/mol. The number of anilines is 1. The molecule has 0 saturated carbocycles. The van der Waals surface area contributed by atoms with Crippen molar-refractivity contribution in [3.8, 4) is 5.75 Å². The molecule has 3 nitrogen and oxygen atoms in total. The highest BCUT2D eigenvalue weighted by Gasteiger charge is 2.10. The van der Waals surface area contributed by atoms with E-state index in [9.17, 15) is 5.11 Å². The predicted molar refractivity (Wildman–Crippen MR) is 77.6 cm³/mol. The molecule has 1 atom stereocenters. The van der Waals surface area contributed by atoms with Gasteiger partial charge in [-0.25, -0.2) is 0 Å². The maximum absolute atomic E-state index is 9.56. The molecule has 2 aromatic carbocycles. The van der Waals surface area contributed by atoms with E-state index in [-0.39, 0.29) is 12.6 Å². The van der Waals surface area contributed by atoms with E-state index in [0.717, 1.165) is 17.0 Å². The third-order valence-electron chi connectivity index (χ3n) is 3.07. The molecule has 0 saturated heterocycles. The number of ether oxygens (including phenoxy) is 1. The lowest BCUT2D eigenvalue weighted by Crippen LogP contribution is -2.14. The SMILES string of the molecule is COc1cccc(C(CO)Nc2ccc(C)cc2)c1. The Morgan fingerprint density at radius 3 is 2.53 bits per heavy atom. The molecule has 0 heterocycles. The standard InChI is InChI=1S/C16H19NO2/c1-12-6-8-14(9-7-12)17-16(11-18)13-4-3-5-15(10-13)19-2/h3-10,16-18H,11H2,1-2H3. The molecule has 0 bridgehead atoms. The second kappa shape index (κ2) is 6.25. The van der Waals surface area contributed by atoms with E-state index >= 15 is 0 Å². The second-order valence-electron chi connectivity index (χ2n) is 4.52. The molecule has 0 radical (unpaired) electrons. The van der Waals surface area contributed by atoms with Gasteiger partial charge in [-0.1, -0.05) is 29.8 Å². The van der Waals surface area contributed by atoms with E-state index < -0.39 is 0 Å². The number of benzene rings is 2. The van der Waals surface area contributed by atoms with E-state index in [0.29, 0.717) is 0 Å². The molecule has 3 heteroatoms. The monoisotopic (exact) mass is 257 g/mol. The minimum atomic E-state index is -0.141. The molecule has 0 fully saturated rings. The van der Waals surface area contributed by atoms with Crippen LogP contribution >= 0.6 is 0 Å². The summed E-state index contributed by atoms with van der Waals surface area (Å²) in [4.78, 5) is 0. The van der Waals surface area contributed by atoms with Crippen molar-refractivity contribution < 1.29 is 9.84 Å². The van der Waals surface area contributed by atoms with E-state index in [2.05, 4.69) is 12.2 Å². The van der Waals surface area contributed by atoms with Gasteiger partial charge in [-0.15, -0.1) is 0 Å². The van der Waals surface area contributed by atoms with Crippen LogP contribution in [0, 0.1) is 6.92 Å². The summed E-state index contributed by atoms with van der Waals surface area (Å²) in [7, 11) is 1.64. The van der Waals surface area contributed by atoms with E-state index in [4.69, 9.17) is 4.74 Å². The van der Waals surface area contributed by atoms with Gasteiger partial charge in [-0.2, -0.15) is 0 Å². The fourth-order valence-corrected chi connectivity index (χ4v) is 1.94. The Labute approximate surface area is 113 Å². The first kappa shape index (κ1) is 13.4. The van der Waals surface area contributed by atoms with Gasteiger partial charge >= 0.3 is 0 Å². The lowest BCUT2D eigenvalue weighted by molar-refractivity contribution is 0.276. The first-order valence-electron chi connectivity index (χ1n) is 6.31. The summed E-state index contributed by atoms with van der Waals surface area (Å²) >= 11 is 0. The molecule has 2 N–H and O–H groups in total. The van der Waals surface area contributed by atoms with Gasteiger partial charge in [0.1, 0.15) is 5.75 Å². The zero-order valence-corrected chi connectivity index (χ0v) is 11.3. The van der Waals surface area contributed by atoms with Crippen molar-refractivity contribution in [3.63, 3.8) is 0 Å². The van der Waals surface area contributed by atoms with Crippen LogP contribution in [0.25, 0.3) is 0 Å². The summed E-state index contributed by atoms with van der Waals surface area (Å²) in [5.74, 6) is 0.793. The molecular formula is C16H19NO2. The molecule has 0 spiro atoms. The van der Waals surface area contributed by atoms with E-state index in [1.807, 2.05) is 48.5 Å². The third kappa shape index (κ3) is 3.48. The van der Waals surface area contributed by atoms with Crippen molar-refractivity contribution in [1.82, 2.24) is 0 Å². The smallest absolute Gasteiger partial charge is 0.119 e. The van der Waals surface area contributed by atoms with Crippen molar-refractivity contribution >= 4 is 5.69 Å². The van der Waals surface area contributed by atoms with E-state index in [1.54, 1.807) is 7.11 Å². The van der Waals surface area contributed by atoms with Crippen molar-refractivity contribution in [3.05, 3.63) is 59.7 Å². The van der Waals surface area contributed by atoms with Gasteiger partial charge in [0.25, 0.3) is 0 Å². The molecule has 2 aromatic rings. The van der Waals surface area contributed by atoms with Crippen LogP contribution in [0.15, 0.2) is 48.5 Å². The van der Waals surface area contributed by atoms with Gasteiger partial charge in [0.2, 0.25) is 0 Å². The highest BCUT2D eigenvalue weighted by molar-refractivity contribution is 5.47. The quantitative estimate of drug-likeness (QED) is 0.864. The van der Waals surface area contributed by atoms with Crippen LogP contribution in [0.1, 0.15) is 17.2 Å². The molecule has 19 heavy (non-hydrogen) atoms. The number of nitrogens with one attached hydrogen (secondary N) is 1. The topological polar surface area (TPSA) is 41.5 Å². The van der Waals surface area contributed by atoms with Crippen LogP contribution < -0.4 is 10.1 Å². The van der Waals surface area contributed by atoms with Crippen molar-refractivity contribution in [2.75, 3.05) is 19.0 Å². The molecule has 100 valence electrons.